The Morgan fingerprint density at radius 1 is 0.917 bits per heavy atom. The van der Waals surface area contributed by atoms with Gasteiger partial charge in [-0.2, -0.15) is 10.1 Å². The van der Waals surface area contributed by atoms with Gasteiger partial charge >= 0.3 is 6.09 Å². The fourth-order valence-corrected chi connectivity index (χ4v) is 6.24. The Labute approximate surface area is 282 Å². The van der Waals surface area contributed by atoms with Crippen molar-refractivity contribution in [1.29, 1.82) is 0 Å². The van der Waals surface area contributed by atoms with E-state index in [1.807, 2.05) is 123 Å². The van der Waals surface area contributed by atoms with Gasteiger partial charge in [0.15, 0.2) is 0 Å². The van der Waals surface area contributed by atoms with Crippen LogP contribution in [0.2, 0.25) is 0 Å². The lowest BCUT2D eigenvalue weighted by Gasteiger charge is -2.40. The summed E-state index contributed by atoms with van der Waals surface area (Å²) >= 11 is 0. The topological polar surface area (TPSA) is 98.9 Å². The fraction of sp³-hybridized carbons (Fsp3) is 0.359. The summed E-state index contributed by atoms with van der Waals surface area (Å²) in [6.07, 6.45) is 2.08. The van der Waals surface area contributed by atoms with Crippen LogP contribution >= 0.6 is 0 Å². The largest absolute Gasteiger partial charge is 0.473 e. The highest BCUT2D eigenvalue weighted by molar-refractivity contribution is 5.95. The van der Waals surface area contributed by atoms with E-state index >= 15 is 0 Å². The van der Waals surface area contributed by atoms with Crippen LogP contribution in [0.25, 0.3) is 22.2 Å². The lowest BCUT2D eigenvalue weighted by Crippen LogP contribution is -2.45. The zero-order valence-corrected chi connectivity index (χ0v) is 28.3. The summed E-state index contributed by atoms with van der Waals surface area (Å²) < 4.78 is 19.8. The van der Waals surface area contributed by atoms with Gasteiger partial charge in [0.2, 0.25) is 11.8 Å². The predicted octanol–water partition coefficient (Wildman–Crippen LogP) is 7.79. The molecule has 0 unspecified atom stereocenters. The smallest absolute Gasteiger partial charge is 0.410 e. The van der Waals surface area contributed by atoms with Crippen molar-refractivity contribution >= 4 is 17.0 Å². The molecule has 0 saturated heterocycles. The monoisotopic (exact) mass is 648 g/mol. The van der Waals surface area contributed by atoms with Crippen molar-refractivity contribution in [3.63, 3.8) is 0 Å². The number of hydrogen-bond acceptors (Lipinski definition) is 7. The summed E-state index contributed by atoms with van der Waals surface area (Å²) in [5, 5.41) is 17.7. The normalized spacial score (nSPS) is 18.0. The fourth-order valence-electron chi connectivity index (χ4n) is 6.24. The number of rotatable bonds is 9. The van der Waals surface area contributed by atoms with Gasteiger partial charge in [-0.25, -0.2) is 4.79 Å². The van der Waals surface area contributed by atoms with Gasteiger partial charge in [-0.3, -0.25) is 4.68 Å². The van der Waals surface area contributed by atoms with Gasteiger partial charge in [0.25, 0.3) is 0 Å². The number of carbonyl (C=O) groups excluding carboxylic acids is 1. The number of benzene rings is 3. The number of carbonyl (C=O) groups is 1. The highest BCUT2D eigenvalue weighted by Crippen LogP contribution is 2.41. The van der Waals surface area contributed by atoms with Gasteiger partial charge in [0, 0.05) is 31.6 Å². The standard InChI is InChI=1S/C39H44N4O5/c1-38(2,3)48-37(44)42(4)30-20-22-39(45,23-21-30)29-16-17-31-33(24-29)43(5)41-35(31)32-18-19-34(46-25-27-12-8-6-9-13-27)40-36(32)47-26-28-14-10-7-11-15-28/h6-19,24,30,45H,20-23,25-26H2,1-5H3. The average Bonchev–Trinajstić information content (AvgIpc) is 3.42. The second-order valence-electron chi connectivity index (χ2n) is 13.6. The molecule has 48 heavy (non-hydrogen) atoms. The first-order chi connectivity index (χ1) is 23.0. The van der Waals surface area contributed by atoms with Crippen molar-refractivity contribution in [1.82, 2.24) is 19.7 Å². The summed E-state index contributed by atoms with van der Waals surface area (Å²) in [6, 6.07) is 29.8. The molecule has 9 heteroatoms. The molecule has 0 bridgehead atoms. The summed E-state index contributed by atoms with van der Waals surface area (Å²) in [4.78, 5) is 19.1. The molecule has 5 aromatic rings. The third-order valence-electron chi connectivity index (χ3n) is 8.94. The molecule has 1 amide bonds. The molecule has 9 nitrogen and oxygen atoms in total. The third-order valence-corrected chi connectivity index (χ3v) is 8.94. The molecule has 1 saturated carbocycles. The van der Waals surface area contributed by atoms with Crippen LogP contribution in [0.1, 0.15) is 63.1 Å². The van der Waals surface area contributed by atoms with Crippen LogP contribution < -0.4 is 9.47 Å². The van der Waals surface area contributed by atoms with Crippen LogP contribution in [0.15, 0.2) is 91.0 Å². The second-order valence-corrected chi connectivity index (χ2v) is 13.6. The highest BCUT2D eigenvalue weighted by atomic mass is 16.6. The molecule has 250 valence electrons. The van der Waals surface area contributed by atoms with E-state index in [9.17, 15) is 9.90 Å². The quantitative estimate of drug-likeness (QED) is 0.174. The minimum atomic E-state index is -1.01. The second kappa shape index (κ2) is 13.7. The third kappa shape index (κ3) is 7.47. The van der Waals surface area contributed by atoms with Gasteiger partial charge in [-0.05, 0) is 75.3 Å². The van der Waals surface area contributed by atoms with Crippen molar-refractivity contribution in [2.24, 2.45) is 7.05 Å². The van der Waals surface area contributed by atoms with Crippen LogP contribution in [0.4, 0.5) is 4.79 Å². The minimum absolute atomic E-state index is 0.00798. The Bertz CT molecular complexity index is 1860. The number of amides is 1. The Morgan fingerprint density at radius 3 is 2.17 bits per heavy atom. The van der Waals surface area contributed by atoms with E-state index in [1.165, 1.54) is 0 Å². The number of hydrogen-bond donors (Lipinski definition) is 1. The van der Waals surface area contributed by atoms with E-state index in [1.54, 1.807) is 11.9 Å². The van der Waals surface area contributed by atoms with E-state index in [0.717, 1.165) is 38.9 Å². The molecule has 2 aromatic heterocycles. The van der Waals surface area contributed by atoms with E-state index in [2.05, 4.69) is 0 Å². The van der Waals surface area contributed by atoms with E-state index in [4.69, 9.17) is 24.3 Å². The molecular weight excluding hydrogens is 604 g/mol. The molecule has 2 heterocycles. The molecule has 1 aliphatic rings. The maximum atomic E-state index is 12.7. The van der Waals surface area contributed by atoms with Crippen LogP contribution in [-0.4, -0.2) is 49.6 Å². The Morgan fingerprint density at radius 2 is 1.54 bits per heavy atom. The number of fused-ring (bicyclic) bond motifs is 1. The molecule has 1 aliphatic carbocycles. The SMILES string of the molecule is CN(C(=O)OC(C)(C)C)C1CCC(O)(c2ccc3c(-c4ccc(OCc5ccccc5)nc4OCc4ccccc4)nn(C)c3c2)CC1. The van der Waals surface area contributed by atoms with Gasteiger partial charge in [0.05, 0.1) is 16.7 Å². The Hall–Kier alpha value is -4.89. The van der Waals surface area contributed by atoms with Gasteiger partial charge in [-0.1, -0.05) is 72.8 Å². The molecule has 0 aliphatic heterocycles. The lowest BCUT2D eigenvalue weighted by atomic mass is 9.77. The van der Waals surface area contributed by atoms with Crippen molar-refractivity contribution in [2.45, 2.75) is 76.9 Å². The molecule has 6 rings (SSSR count). The maximum absolute atomic E-state index is 12.7. The van der Waals surface area contributed by atoms with Crippen molar-refractivity contribution in [2.75, 3.05) is 7.05 Å². The van der Waals surface area contributed by atoms with Crippen LogP contribution in [0.3, 0.4) is 0 Å². The van der Waals surface area contributed by atoms with Gasteiger partial charge in [-0.15, -0.1) is 0 Å². The number of pyridine rings is 1. The Balaban J connectivity index is 1.25. The van der Waals surface area contributed by atoms with Crippen molar-refractivity contribution < 1.29 is 24.1 Å². The average molecular weight is 649 g/mol. The summed E-state index contributed by atoms with van der Waals surface area (Å²) in [6.45, 7) is 6.33. The number of ether oxygens (including phenoxy) is 3. The van der Waals surface area contributed by atoms with E-state index in [0.29, 0.717) is 50.7 Å². The van der Waals surface area contributed by atoms with Gasteiger partial charge < -0.3 is 24.2 Å². The van der Waals surface area contributed by atoms with E-state index in [-0.39, 0.29) is 12.1 Å². The molecule has 0 atom stereocenters. The first kappa shape index (κ1) is 33.0. The predicted molar refractivity (Wildman–Crippen MR) is 186 cm³/mol. The highest BCUT2D eigenvalue weighted by Gasteiger charge is 2.38. The zero-order chi connectivity index (χ0) is 33.9. The molecule has 0 spiro atoms. The number of nitrogens with zero attached hydrogens (tertiary/aromatic N) is 4. The molecule has 3 aromatic carbocycles. The first-order valence-corrected chi connectivity index (χ1v) is 16.5. The zero-order valence-electron chi connectivity index (χ0n) is 28.3. The summed E-state index contributed by atoms with van der Waals surface area (Å²) in [5.74, 6) is 0.892. The molecular formula is C39H44N4O5. The van der Waals surface area contributed by atoms with Crippen molar-refractivity contribution in [3.05, 3.63) is 108 Å². The summed E-state index contributed by atoms with van der Waals surface area (Å²) in [7, 11) is 3.68. The number of aliphatic hydroxyl groups is 1. The Kier molecular flexibility index (Phi) is 9.42. The first-order valence-electron chi connectivity index (χ1n) is 16.5. The van der Waals surface area contributed by atoms with Crippen LogP contribution in [0, 0.1) is 0 Å². The molecule has 1 N–H and O–H groups in total. The van der Waals surface area contributed by atoms with Crippen molar-refractivity contribution in [3.8, 4) is 23.0 Å². The van der Waals surface area contributed by atoms with Crippen LogP contribution in [0.5, 0.6) is 11.8 Å². The van der Waals surface area contributed by atoms with E-state index < -0.39 is 11.2 Å². The number of aryl methyl sites for hydroxylation is 1. The summed E-state index contributed by atoms with van der Waals surface area (Å²) in [5.41, 5.74) is 3.73. The molecule has 0 radical (unpaired) electrons. The minimum Gasteiger partial charge on any atom is -0.473 e. The lowest BCUT2D eigenvalue weighted by molar-refractivity contribution is -0.0289. The van der Waals surface area contributed by atoms with Gasteiger partial charge in [0.1, 0.15) is 24.5 Å². The maximum Gasteiger partial charge on any atom is 0.410 e. The van der Waals surface area contributed by atoms with Crippen LogP contribution in [-0.2, 0) is 30.6 Å². The number of aromatic nitrogens is 3. The molecule has 1 fully saturated rings.